The van der Waals surface area contributed by atoms with Gasteiger partial charge in [0.2, 0.25) is 0 Å². The van der Waals surface area contributed by atoms with E-state index in [4.69, 9.17) is 10.1 Å². The summed E-state index contributed by atoms with van der Waals surface area (Å²) < 4.78 is 5.77. The number of nitrogens with zero attached hydrogens (tertiary/aromatic N) is 7. The topological polar surface area (TPSA) is 66.3 Å². The standard InChI is InChI=1S/C19H21N7/c1-11-5-16(22-19-18(11)20-10-24(19)2)17-7-15(23-26(17)4)14-6-13(14)12-8-21-25(3)9-12/h5,7-10,13-14H,6H2,1-4H3/t13-,14+/m1/s1. The van der Waals surface area contributed by atoms with E-state index in [0.717, 1.165) is 40.2 Å². The van der Waals surface area contributed by atoms with Gasteiger partial charge in [-0.1, -0.05) is 0 Å². The average molecular weight is 347 g/mol. The van der Waals surface area contributed by atoms with Crippen LogP contribution in [0.3, 0.4) is 0 Å². The maximum atomic E-state index is 4.83. The molecule has 0 aliphatic heterocycles. The van der Waals surface area contributed by atoms with E-state index in [9.17, 15) is 0 Å². The number of hydrogen-bond donors (Lipinski definition) is 0. The minimum absolute atomic E-state index is 0.473. The van der Waals surface area contributed by atoms with Crippen molar-refractivity contribution in [2.45, 2.75) is 25.2 Å². The van der Waals surface area contributed by atoms with Crippen molar-refractivity contribution in [2.75, 3.05) is 0 Å². The number of aryl methyl sites for hydroxylation is 4. The summed E-state index contributed by atoms with van der Waals surface area (Å²) in [6.07, 6.45) is 7.02. The molecule has 4 aromatic heterocycles. The molecule has 1 aliphatic rings. The minimum Gasteiger partial charge on any atom is -0.318 e. The highest BCUT2D eigenvalue weighted by Gasteiger charge is 2.42. The van der Waals surface area contributed by atoms with Gasteiger partial charge < -0.3 is 4.57 Å². The Morgan fingerprint density at radius 1 is 1.12 bits per heavy atom. The predicted octanol–water partition coefficient (Wildman–Crippen LogP) is 2.68. The molecule has 0 bridgehead atoms. The van der Waals surface area contributed by atoms with Gasteiger partial charge in [-0.05, 0) is 42.5 Å². The van der Waals surface area contributed by atoms with Gasteiger partial charge in [0.05, 0.1) is 29.6 Å². The lowest BCUT2D eigenvalue weighted by Gasteiger charge is -2.04. The summed E-state index contributed by atoms with van der Waals surface area (Å²) in [6.45, 7) is 2.08. The average Bonchev–Trinajstić information content (AvgIpc) is 2.91. The Labute approximate surface area is 151 Å². The molecular formula is C19H21N7. The van der Waals surface area contributed by atoms with Crippen LogP contribution in [0, 0.1) is 6.92 Å². The van der Waals surface area contributed by atoms with Crippen LogP contribution in [0.25, 0.3) is 22.6 Å². The number of imidazole rings is 1. The van der Waals surface area contributed by atoms with E-state index in [1.807, 2.05) is 47.6 Å². The zero-order valence-electron chi connectivity index (χ0n) is 15.4. The Morgan fingerprint density at radius 2 is 1.96 bits per heavy atom. The van der Waals surface area contributed by atoms with Crippen molar-refractivity contribution in [1.82, 2.24) is 34.1 Å². The summed E-state index contributed by atoms with van der Waals surface area (Å²) in [5.74, 6) is 1.00. The summed E-state index contributed by atoms with van der Waals surface area (Å²) in [5, 5.41) is 9.07. The summed E-state index contributed by atoms with van der Waals surface area (Å²) in [4.78, 5) is 9.26. The van der Waals surface area contributed by atoms with Gasteiger partial charge in [-0.25, -0.2) is 9.97 Å². The number of pyridine rings is 1. The van der Waals surface area contributed by atoms with Crippen LogP contribution in [0.1, 0.15) is 35.1 Å². The highest BCUT2D eigenvalue weighted by Crippen LogP contribution is 2.54. The molecule has 132 valence electrons. The third kappa shape index (κ3) is 2.27. The van der Waals surface area contributed by atoms with Gasteiger partial charge in [-0.2, -0.15) is 10.2 Å². The first kappa shape index (κ1) is 15.3. The van der Waals surface area contributed by atoms with E-state index < -0.39 is 0 Å². The normalized spacial score (nSPS) is 19.4. The van der Waals surface area contributed by atoms with Gasteiger partial charge in [0, 0.05) is 33.3 Å². The highest BCUT2D eigenvalue weighted by atomic mass is 15.3. The van der Waals surface area contributed by atoms with Crippen LogP contribution in [0.2, 0.25) is 0 Å². The van der Waals surface area contributed by atoms with Gasteiger partial charge in [0.15, 0.2) is 5.65 Å². The molecule has 0 aromatic carbocycles. The van der Waals surface area contributed by atoms with Crippen LogP contribution >= 0.6 is 0 Å². The minimum atomic E-state index is 0.473. The lowest BCUT2D eigenvalue weighted by molar-refractivity contribution is 0.745. The molecule has 1 saturated carbocycles. The Bertz CT molecular complexity index is 1130. The molecular weight excluding hydrogens is 326 g/mol. The molecule has 1 aliphatic carbocycles. The number of rotatable bonds is 3. The molecule has 5 rings (SSSR count). The third-order valence-corrected chi connectivity index (χ3v) is 5.34. The molecule has 0 N–H and O–H groups in total. The fourth-order valence-electron chi connectivity index (χ4n) is 3.82. The molecule has 4 heterocycles. The summed E-state index contributed by atoms with van der Waals surface area (Å²) in [6, 6.07) is 4.28. The molecule has 26 heavy (non-hydrogen) atoms. The molecule has 7 nitrogen and oxygen atoms in total. The molecule has 0 radical (unpaired) electrons. The zero-order valence-corrected chi connectivity index (χ0v) is 15.4. The second-order valence-electron chi connectivity index (χ2n) is 7.33. The summed E-state index contributed by atoms with van der Waals surface area (Å²) in [7, 11) is 5.93. The largest absolute Gasteiger partial charge is 0.318 e. The third-order valence-electron chi connectivity index (χ3n) is 5.34. The molecule has 1 fully saturated rings. The van der Waals surface area contributed by atoms with Crippen LogP contribution in [-0.2, 0) is 21.1 Å². The van der Waals surface area contributed by atoms with E-state index in [0.29, 0.717) is 11.8 Å². The molecule has 0 spiro atoms. The van der Waals surface area contributed by atoms with Gasteiger partial charge in [-0.15, -0.1) is 0 Å². The number of hydrogen-bond acceptors (Lipinski definition) is 4. The van der Waals surface area contributed by atoms with Crippen molar-refractivity contribution < 1.29 is 0 Å². The SMILES string of the molecule is Cc1cc(-c2cc([C@H]3C[C@@H]3c3cnn(C)c3)nn2C)nc2c1ncn2C. The Balaban J connectivity index is 1.51. The monoisotopic (exact) mass is 347 g/mol. The first-order chi connectivity index (χ1) is 12.5. The fraction of sp³-hybridized carbons (Fsp3) is 0.368. The maximum Gasteiger partial charge on any atom is 0.160 e. The van der Waals surface area contributed by atoms with Gasteiger partial charge in [-0.3, -0.25) is 9.36 Å². The maximum absolute atomic E-state index is 4.83. The van der Waals surface area contributed by atoms with E-state index in [2.05, 4.69) is 35.3 Å². The predicted molar refractivity (Wildman–Crippen MR) is 98.8 cm³/mol. The van der Waals surface area contributed by atoms with Crippen LogP contribution in [-0.4, -0.2) is 34.1 Å². The van der Waals surface area contributed by atoms with Crippen molar-refractivity contribution in [3.63, 3.8) is 0 Å². The molecule has 2 atom stereocenters. The molecule has 0 unspecified atom stereocenters. The Morgan fingerprint density at radius 3 is 2.73 bits per heavy atom. The second-order valence-corrected chi connectivity index (χ2v) is 7.33. The van der Waals surface area contributed by atoms with E-state index >= 15 is 0 Å². The van der Waals surface area contributed by atoms with E-state index in [-0.39, 0.29) is 0 Å². The quantitative estimate of drug-likeness (QED) is 0.571. The van der Waals surface area contributed by atoms with Crippen LogP contribution in [0.4, 0.5) is 0 Å². The van der Waals surface area contributed by atoms with Gasteiger partial charge >= 0.3 is 0 Å². The van der Waals surface area contributed by atoms with Gasteiger partial charge in [0.25, 0.3) is 0 Å². The summed E-state index contributed by atoms with van der Waals surface area (Å²) in [5.41, 5.74) is 7.42. The van der Waals surface area contributed by atoms with Crippen molar-refractivity contribution in [1.29, 1.82) is 0 Å². The Hall–Kier alpha value is -2.96. The van der Waals surface area contributed by atoms with Crippen molar-refractivity contribution in [2.24, 2.45) is 21.1 Å². The molecule has 0 saturated heterocycles. The number of fused-ring (bicyclic) bond motifs is 1. The highest BCUT2D eigenvalue weighted by molar-refractivity contribution is 5.78. The first-order valence-electron chi connectivity index (χ1n) is 8.83. The second kappa shape index (κ2) is 5.27. The van der Waals surface area contributed by atoms with Crippen LogP contribution in [0.5, 0.6) is 0 Å². The first-order valence-corrected chi connectivity index (χ1v) is 8.83. The molecule has 7 heteroatoms. The van der Waals surface area contributed by atoms with Crippen molar-refractivity contribution in [3.8, 4) is 11.4 Å². The van der Waals surface area contributed by atoms with E-state index in [1.54, 1.807) is 0 Å². The van der Waals surface area contributed by atoms with Crippen LogP contribution < -0.4 is 0 Å². The lowest BCUT2D eigenvalue weighted by Crippen LogP contribution is -1.98. The smallest absolute Gasteiger partial charge is 0.160 e. The molecule has 0 amide bonds. The fourth-order valence-corrected chi connectivity index (χ4v) is 3.82. The van der Waals surface area contributed by atoms with Crippen molar-refractivity contribution >= 4 is 11.2 Å². The number of aromatic nitrogens is 7. The van der Waals surface area contributed by atoms with E-state index in [1.165, 1.54) is 5.56 Å². The van der Waals surface area contributed by atoms with Crippen molar-refractivity contribution in [3.05, 3.63) is 47.7 Å². The zero-order chi connectivity index (χ0) is 18.0. The summed E-state index contributed by atoms with van der Waals surface area (Å²) >= 11 is 0. The molecule has 4 aromatic rings. The van der Waals surface area contributed by atoms with Crippen LogP contribution in [0.15, 0.2) is 30.9 Å². The lowest BCUT2D eigenvalue weighted by atomic mass is 10.1. The Kier molecular flexibility index (Phi) is 3.10. The van der Waals surface area contributed by atoms with Gasteiger partial charge in [0.1, 0.15) is 5.52 Å².